The Hall–Kier alpha value is -1.46. The van der Waals surface area contributed by atoms with Gasteiger partial charge in [0.1, 0.15) is 6.10 Å². The Labute approximate surface area is 200 Å². The van der Waals surface area contributed by atoms with Gasteiger partial charge in [0.25, 0.3) is 0 Å². The molecule has 4 rings (SSSR count). The average Bonchev–Trinajstić information content (AvgIpc) is 3.37. The highest BCUT2D eigenvalue weighted by Crippen LogP contribution is 2.52. The molecule has 4 aliphatic carbocycles. The van der Waals surface area contributed by atoms with Gasteiger partial charge in [-0.25, -0.2) is 9.59 Å². The van der Waals surface area contributed by atoms with Crippen molar-refractivity contribution >= 4 is 12.2 Å². The Bertz CT molecular complexity index is 662. The Morgan fingerprint density at radius 2 is 1.36 bits per heavy atom. The quantitative estimate of drug-likeness (QED) is 0.460. The predicted octanol–water partition coefficient (Wildman–Crippen LogP) is 6.37. The molecule has 188 valence electrons. The number of carbonyl (C=O) groups is 2. The molecule has 0 aliphatic heterocycles. The molecule has 0 heterocycles. The van der Waals surface area contributed by atoms with Crippen LogP contribution in [-0.2, 0) is 9.47 Å². The van der Waals surface area contributed by atoms with E-state index in [0.717, 1.165) is 25.7 Å². The molecular weight excluding hydrogens is 416 g/mol. The molecule has 5 unspecified atom stereocenters. The summed E-state index contributed by atoms with van der Waals surface area (Å²) >= 11 is 0. The van der Waals surface area contributed by atoms with Crippen LogP contribution in [0.5, 0.6) is 0 Å². The fourth-order valence-electron chi connectivity index (χ4n) is 7.30. The first-order valence-electron chi connectivity index (χ1n) is 13.7. The van der Waals surface area contributed by atoms with Crippen molar-refractivity contribution in [1.82, 2.24) is 9.80 Å². The molecule has 0 aromatic carbocycles. The van der Waals surface area contributed by atoms with E-state index in [1.807, 2.05) is 0 Å². The van der Waals surface area contributed by atoms with Gasteiger partial charge in [-0.2, -0.15) is 0 Å². The average molecular weight is 463 g/mol. The van der Waals surface area contributed by atoms with Crippen LogP contribution in [0.4, 0.5) is 9.59 Å². The van der Waals surface area contributed by atoms with E-state index in [1.54, 1.807) is 14.1 Å². The first-order chi connectivity index (χ1) is 15.8. The summed E-state index contributed by atoms with van der Waals surface area (Å²) in [4.78, 5) is 29.9. The van der Waals surface area contributed by atoms with Crippen molar-refractivity contribution < 1.29 is 19.1 Å². The van der Waals surface area contributed by atoms with Crippen LogP contribution in [0.3, 0.4) is 0 Å². The third kappa shape index (κ3) is 5.30. The lowest BCUT2D eigenvalue weighted by atomic mass is 9.80. The molecule has 6 heteroatoms. The first kappa shape index (κ1) is 24.7. The molecule has 4 fully saturated rings. The largest absolute Gasteiger partial charge is 0.442 e. The fraction of sp³-hybridized carbons (Fsp3) is 0.926. The zero-order valence-corrected chi connectivity index (χ0v) is 21.4. The summed E-state index contributed by atoms with van der Waals surface area (Å²) in [5, 5.41) is 0. The second-order valence-corrected chi connectivity index (χ2v) is 11.7. The summed E-state index contributed by atoms with van der Waals surface area (Å²) in [6.07, 6.45) is 15.2. The number of hydrogen-bond donors (Lipinski definition) is 0. The van der Waals surface area contributed by atoms with Gasteiger partial charge < -0.3 is 19.3 Å². The van der Waals surface area contributed by atoms with Gasteiger partial charge in [-0.1, -0.05) is 38.5 Å². The molecule has 33 heavy (non-hydrogen) atoms. The molecule has 0 N–H and O–H groups in total. The minimum absolute atomic E-state index is 0.177. The predicted molar refractivity (Wildman–Crippen MR) is 129 cm³/mol. The number of fused-ring (bicyclic) bond motifs is 2. The normalized spacial score (nSPS) is 32.2. The van der Waals surface area contributed by atoms with Gasteiger partial charge in [-0.05, 0) is 83.0 Å². The third-order valence-corrected chi connectivity index (χ3v) is 9.40. The highest BCUT2D eigenvalue weighted by atomic mass is 16.6. The van der Waals surface area contributed by atoms with Crippen LogP contribution in [0, 0.1) is 17.8 Å². The Morgan fingerprint density at radius 3 is 1.85 bits per heavy atom. The monoisotopic (exact) mass is 462 g/mol. The molecule has 0 aromatic heterocycles. The van der Waals surface area contributed by atoms with Crippen molar-refractivity contribution in [3.63, 3.8) is 0 Å². The maximum absolute atomic E-state index is 13.9. The van der Waals surface area contributed by atoms with E-state index in [9.17, 15) is 9.59 Å². The number of carbonyl (C=O) groups excluding carboxylic acids is 2. The second kappa shape index (κ2) is 10.4. The lowest BCUT2D eigenvalue weighted by Crippen LogP contribution is -2.54. The van der Waals surface area contributed by atoms with E-state index >= 15 is 0 Å². The van der Waals surface area contributed by atoms with Crippen LogP contribution >= 0.6 is 0 Å². The van der Waals surface area contributed by atoms with Gasteiger partial charge in [-0.15, -0.1) is 0 Å². The summed E-state index contributed by atoms with van der Waals surface area (Å²) in [7, 11) is 3.42. The van der Waals surface area contributed by atoms with Crippen LogP contribution in [0.15, 0.2) is 0 Å². The summed E-state index contributed by atoms with van der Waals surface area (Å²) in [5.41, 5.74) is -0.643. The van der Waals surface area contributed by atoms with Gasteiger partial charge >= 0.3 is 12.2 Å². The van der Waals surface area contributed by atoms with Crippen molar-refractivity contribution in [3.05, 3.63) is 0 Å². The Kier molecular flexibility index (Phi) is 7.80. The van der Waals surface area contributed by atoms with Gasteiger partial charge in [0.2, 0.25) is 0 Å². The lowest BCUT2D eigenvalue weighted by molar-refractivity contribution is -0.0897. The minimum atomic E-state index is -0.643. The van der Waals surface area contributed by atoms with Crippen LogP contribution in [0.2, 0.25) is 0 Å². The first-order valence-corrected chi connectivity index (χ1v) is 13.7. The van der Waals surface area contributed by atoms with E-state index in [-0.39, 0.29) is 30.4 Å². The molecule has 6 nitrogen and oxygen atoms in total. The van der Waals surface area contributed by atoms with Crippen LogP contribution in [-0.4, -0.2) is 59.9 Å². The van der Waals surface area contributed by atoms with Crippen molar-refractivity contribution in [2.75, 3.05) is 14.1 Å². The van der Waals surface area contributed by atoms with E-state index in [2.05, 4.69) is 18.7 Å². The van der Waals surface area contributed by atoms with Crippen LogP contribution < -0.4 is 0 Å². The topological polar surface area (TPSA) is 59.1 Å². The highest BCUT2D eigenvalue weighted by Gasteiger charge is 2.58. The summed E-state index contributed by atoms with van der Waals surface area (Å²) < 4.78 is 12.3. The maximum Gasteiger partial charge on any atom is 0.410 e. The molecule has 0 saturated heterocycles. The van der Waals surface area contributed by atoms with Crippen molar-refractivity contribution in [3.8, 4) is 0 Å². The number of rotatable bonds is 6. The number of amides is 2. The van der Waals surface area contributed by atoms with Crippen molar-refractivity contribution in [2.24, 2.45) is 17.8 Å². The second-order valence-electron chi connectivity index (χ2n) is 11.7. The van der Waals surface area contributed by atoms with Crippen LogP contribution in [0.1, 0.15) is 104 Å². The highest BCUT2D eigenvalue weighted by molar-refractivity contribution is 5.70. The van der Waals surface area contributed by atoms with Gasteiger partial charge in [0.15, 0.2) is 5.60 Å². The van der Waals surface area contributed by atoms with E-state index in [4.69, 9.17) is 9.47 Å². The zero-order chi connectivity index (χ0) is 23.6. The SMILES string of the molecule is CC(C1CCCCC1)N(C(=O)OC1CC2CCC1(OC(=O)N(C)C)C2)C(C)C1CCCCC1. The van der Waals surface area contributed by atoms with Gasteiger partial charge in [0.05, 0.1) is 0 Å². The molecule has 0 aromatic rings. The van der Waals surface area contributed by atoms with Crippen molar-refractivity contribution in [1.29, 1.82) is 0 Å². The standard InChI is InChI=1S/C27H46N2O4/c1-19(22-11-7-5-8-12-22)29(20(2)23-13-9-6-10-14-23)26(31)32-24-17-21-15-16-27(24,18-21)33-25(30)28(3)4/h19-24H,5-18H2,1-4H3. The molecule has 0 radical (unpaired) electrons. The number of nitrogens with zero attached hydrogens (tertiary/aromatic N) is 2. The Balaban J connectivity index is 1.51. The molecule has 5 atom stereocenters. The minimum Gasteiger partial charge on any atom is -0.442 e. The lowest BCUT2D eigenvalue weighted by Gasteiger charge is -2.44. The fourth-order valence-corrected chi connectivity index (χ4v) is 7.30. The molecule has 0 spiro atoms. The van der Waals surface area contributed by atoms with E-state index < -0.39 is 5.60 Å². The van der Waals surface area contributed by atoms with Crippen LogP contribution in [0.25, 0.3) is 0 Å². The maximum atomic E-state index is 13.9. The van der Waals surface area contributed by atoms with E-state index in [0.29, 0.717) is 17.8 Å². The summed E-state index contributed by atoms with van der Waals surface area (Å²) in [6.45, 7) is 4.50. The van der Waals surface area contributed by atoms with Crippen molar-refractivity contribution in [2.45, 2.75) is 128 Å². The smallest absolute Gasteiger partial charge is 0.410 e. The van der Waals surface area contributed by atoms with Gasteiger partial charge in [-0.3, -0.25) is 0 Å². The number of hydrogen-bond acceptors (Lipinski definition) is 4. The summed E-state index contributed by atoms with van der Waals surface area (Å²) in [5.74, 6) is 1.59. The Morgan fingerprint density at radius 1 is 0.818 bits per heavy atom. The molecular formula is C27H46N2O4. The zero-order valence-electron chi connectivity index (χ0n) is 21.4. The summed E-state index contributed by atoms with van der Waals surface area (Å²) in [6, 6.07) is 0.377. The number of ether oxygens (including phenoxy) is 2. The molecule has 2 bridgehead atoms. The molecule has 4 aliphatic rings. The third-order valence-electron chi connectivity index (χ3n) is 9.40. The molecule has 4 saturated carbocycles. The molecule has 2 amide bonds. The van der Waals surface area contributed by atoms with Gasteiger partial charge in [0, 0.05) is 26.2 Å². The van der Waals surface area contributed by atoms with E-state index in [1.165, 1.54) is 69.1 Å².